The Balaban J connectivity index is 2.96. The van der Waals surface area contributed by atoms with E-state index in [1.807, 2.05) is 13.8 Å². The van der Waals surface area contributed by atoms with Gasteiger partial charge in [-0.05, 0) is 19.2 Å². The molecule has 2 nitrogen and oxygen atoms in total. The number of rotatable bonds is 5. The lowest BCUT2D eigenvalue weighted by Gasteiger charge is -2.19. The van der Waals surface area contributed by atoms with Gasteiger partial charge in [0.1, 0.15) is 12.1 Å². The first kappa shape index (κ1) is 11.9. The van der Waals surface area contributed by atoms with E-state index >= 15 is 0 Å². The van der Waals surface area contributed by atoms with Crippen LogP contribution in [0.2, 0.25) is 0 Å². The van der Waals surface area contributed by atoms with Gasteiger partial charge in [-0.15, -0.1) is 0 Å². The van der Waals surface area contributed by atoms with Crippen LogP contribution in [0.4, 0.5) is 4.39 Å². The van der Waals surface area contributed by atoms with Gasteiger partial charge in [-0.3, -0.25) is 9.69 Å². The lowest BCUT2D eigenvalue weighted by atomic mass is 10.1. The Kier molecular flexibility index (Phi) is 4.43. The van der Waals surface area contributed by atoms with E-state index in [1.54, 1.807) is 12.1 Å². The molecule has 0 unspecified atom stereocenters. The van der Waals surface area contributed by atoms with E-state index in [-0.39, 0.29) is 5.82 Å². The van der Waals surface area contributed by atoms with Crippen molar-refractivity contribution in [3.63, 3.8) is 0 Å². The summed E-state index contributed by atoms with van der Waals surface area (Å²) in [5.74, 6) is -0.300. The molecule has 15 heavy (non-hydrogen) atoms. The number of hydrogen-bond donors (Lipinski definition) is 0. The largest absolute Gasteiger partial charge is 0.299 e. The average molecular weight is 209 g/mol. The van der Waals surface area contributed by atoms with Crippen LogP contribution in [-0.4, -0.2) is 24.3 Å². The molecule has 82 valence electrons. The second kappa shape index (κ2) is 5.61. The highest BCUT2D eigenvalue weighted by Gasteiger charge is 2.10. The van der Waals surface area contributed by atoms with Crippen molar-refractivity contribution in [3.8, 4) is 0 Å². The van der Waals surface area contributed by atoms with E-state index in [1.165, 1.54) is 6.07 Å². The molecule has 0 spiro atoms. The summed E-state index contributed by atoms with van der Waals surface area (Å²) in [5, 5.41) is 0. The molecular weight excluding hydrogens is 193 g/mol. The highest BCUT2D eigenvalue weighted by atomic mass is 19.1. The van der Waals surface area contributed by atoms with Gasteiger partial charge in [0.15, 0.2) is 0 Å². The van der Waals surface area contributed by atoms with Crippen molar-refractivity contribution in [2.24, 2.45) is 0 Å². The molecule has 0 aliphatic rings. The molecule has 0 aliphatic heterocycles. The van der Waals surface area contributed by atoms with E-state index in [9.17, 15) is 9.18 Å². The van der Waals surface area contributed by atoms with Gasteiger partial charge in [0.2, 0.25) is 0 Å². The van der Waals surface area contributed by atoms with Crippen molar-refractivity contribution < 1.29 is 9.18 Å². The average Bonchev–Trinajstić information content (AvgIpc) is 2.27. The fourth-order valence-electron chi connectivity index (χ4n) is 1.52. The summed E-state index contributed by atoms with van der Waals surface area (Å²) in [6.07, 6.45) is 0.710. The molecule has 0 atom stereocenters. The van der Waals surface area contributed by atoms with Crippen LogP contribution in [-0.2, 0) is 6.54 Å². The number of halogens is 1. The van der Waals surface area contributed by atoms with Gasteiger partial charge in [0, 0.05) is 17.7 Å². The maximum atomic E-state index is 13.5. The second-order valence-electron chi connectivity index (χ2n) is 3.39. The van der Waals surface area contributed by atoms with Gasteiger partial charge in [0.25, 0.3) is 0 Å². The van der Waals surface area contributed by atoms with Crippen LogP contribution in [0.1, 0.15) is 29.8 Å². The van der Waals surface area contributed by atoms with Crippen LogP contribution in [0.3, 0.4) is 0 Å². The van der Waals surface area contributed by atoms with Gasteiger partial charge in [-0.25, -0.2) is 4.39 Å². The van der Waals surface area contributed by atoms with Gasteiger partial charge in [-0.2, -0.15) is 0 Å². The first-order chi connectivity index (χ1) is 7.22. The van der Waals surface area contributed by atoms with E-state index in [0.717, 1.165) is 13.1 Å². The molecule has 0 heterocycles. The maximum absolute atomic E-state index is 13.5. The van der Waals surface area contributed by atoms with Crippen LogP contribution >= 0.6 is 0 Å². The van der Waals surface area contributed by atoms with Crippen molar-refractivity contribution in [2.75, 3.05) is 13.1 Å². The normalized spacial score (nSPS) is 10.7. The number of benzene rings is 1. The maximum Gasteiger partial charge on any atom is 0.150 e. The molecule has 1 rings (SSSR count). The minimum absolute atomic E-state index is 0.300. The fraction of sp³-hybridized carbons (Fsp3) is 0.417. The van der Waals surface area contributed by atoms with Gasteiger partial charge in [-0.1, -0.05) is 26.0 Å². The van der Waals surface area contributed by atoms with Crippen molar-refractivity contribution >= 4 is 6.29 Å². The Hall–Kier alpha value is -1.22. The molecule has 1 aromatic carbocycles. The molecule has 0 N–H and O–H groups in total. The molecule has 0 aliphatic carbocycles. The summed E-state index contributed by atoms with van der Waals surface area (Å²) in [6.45, 7) is 6.23. The Bertz CT molecular complexity index is 334. The Morgan fingerprint density at radius 2 is 2.00 bits per heavy atom. The fourth-order valence-corrected chi connectivity index (χ4v) is 1.52. The molecule has 0 saturated heterocycles. The predicted octanol–water partition coefficient (Wildman–Crippen LogP) is 2.48. The summed E-state index contributed by atoms with van der Waals surface area (Å²) in [4.78, 5) is 12.8. The number of carbonyl (C=O) groups excluding carboxylic acids is 1. The zero-order valence-electron chi connectivity index (χ0n) is 9.16. The third kappa shape index (κ3) is 2.86. The third-order valence-corrected chi connectivity index (χ3v) is 2.56. The topological polar surface area (TPSA) is 20.3 Å². The van der Waals surface area contributed by atoms with Crippen LogP contribution in [0.15, 0.2) is 18.2 Å². The zero-order valence-corrected chi connectivity index (χ0v) is 9.16. The van der Waals surface area contributed by atoms with Crippen LogP contribution in [0, 0.1) is 5.82 Å². The lowest BCUT2D eigenvalue weighted by molar-refractivity contribution is 0.112. The number of nitrogens with zero attached hydrogens (tertiary/aromatic N) is 1. The first-order valence-electron chi connectivity index (χ1n) is 5.17. The Morgan fingerprint density at radius 3 is 2.53 bits per heavy atom. The molecule has 0 bridgehead atoms. The van der Waals surface area contributed by atoms with E-state index < -0.39 is 0 Å². The summed E-state index contributed by atoms with van der Waals surface area (Å²) in [6, 6.07) is 4.60. The smallest absolute Gasteiger partial charge is 0.150 e. The van der Waals surface area contributed by atoms with Crippen molar-refractivity contribution in [3.05, 3.63) is 35.1 Å². The van der Waals surface area contributed by atoms with Crippen LogP contribution in [0.5, 0.6) is 0 Å². The standard InChI is InChI=1S/C12H16FNO/c1-3-14(4-2)8-11-10(9-15)6-5-7-12(11)13/h5-7,9H,3-4,8H2,1-2H3. The van der Waals surface area contributed by atoms with Crippen molar-refractivity contribution in [1.29, 1.82) is 0 Å². The Labute approximate surface area is 89.7 Å². The highest BCUT2D eigenvalue weighted by molar-refractivity contribution is 5.77. The Morgan fingerprint density at radius 1 is 1.33 bits per heavy atom. The molecule has 0 fully saturated rings. The molecule has 1 aromatic rings. The minimum Gasteiger partial charge on any atom is -0.299 e. The predicted molar refractivity (Wildman–Crippen MR) is 58.4 cm³/mol. The molecule has 0 radical (unpaired) electrons. The monoisotopic (exact) mass is 209 g/mol. The third-order valence-electron chi connectivity index (χ3n) is 2.56. The summed E-state index contributed by atoms with van der Waals surface area (Å²) < 4.78 is 13.5. The lowest BCUT2D eigenvalue weighted by Crippen LogP contribution is -2.23. The zero-order chi connectivity index (χ0) is 11.3. The van der Waals surface area contributed by atoms with Gasteiger partial charge >= 0.3 is 0 Å². The molecular formula is C12H16FNO. The van der Waals surface area contributed by atoms with E-state index in [0.29, 0.717) is 24.0 Å². The van der Waals surface area contributed by atoms with Crippen LogP contribution in [0.25, 0.3) is 0 Å². The minimum atomic E-state index is -0.300. The van der Waals surface area contributed by atoms with Crippen molar-refractivity contribution in [1.82, 2.24) is 4.90 Å². The van der Waals surface area contributed by atoms with Gasteiger partial charge < -0.3 is 0 Å². The molecule has 0 amide bonds. The van der Waals surface area contributed by atoms with Crippen LogP contribution < -0.4 is 0 Å². The molecule has 0 saturated carbocycles. The second-order valence-corrected chi connectivity index (χ2v) is 3.39. The first-order valence-corrected chi connectivity index (χ1v) is 5.17. The number of carbonyl (C=O) groups is 1. The quantitative estimate of drug-likeness (QED) is 0.694. The van der Waals surface area contributed by atoms with Gasteiger partial charge in [0.05, 0.1) is 0 Å². The summed E-state index contributed by atoms with van der Waals surface area (Å²) >= 11 is 0. The summed E-state index contributed by atoms with van der Waals surface area (Å²) in [5.41, 5.74) is 0.943. The molecule has 3 heteroatoms. The molecule has 0 aromatic heterocycles. The van der Waals surface area contributed by atoms with E-state index in [4.69, 9.17) is 0 Å². The van der Waals surface area contributed by atoms with E-state index in [2.05, 4.69) is 4.90 Å². The summed E-state index contributed by atoms with van der Waals surface area (Å²) in [7, 11) is 0. The number of hydrogen-bond acceptors (Lipinski definition) is 2. The SMILES string of the molecule is CCN(CC)Cc1c(F)cccc1C=O. The highest BCUT2D eigenvalue weighted by Crippen LogP contribution is 2.14. The number of aldehydes is 1. The van der Waals surface area contributed by atoms with Crippen molar-refractivity contribution in [2.45, 2.75) is 20.4 Å².